The van der Waals surface area contributed by atoms with E-state index in [4.69, 9.17) is 4.74 Å². The summed E-state index contributed by atoms with van der Waals surface area (Å²) >= 11 is 0. The molecule has 0 saturated heterocycles. The predicted molar refractivity (Wildman–Crippen MR) is 62.8 cm³/mol. The number of ketones is 1. The Morgan fingerprint density at radius 1 is 1.06 bits per heavy atom. The van der Waals surface area contributed by atoms with Crippen LogP contribution in [-0.4, -0.2) is 12.9 Å². The number of hydrogen-bond donors (Lipinski definition) is 0. The van der Waals surface area contributed by atoms with E-state index in [1.54, 1.807) is 30.3 Å². The van der Waals surface area contributed by atoms with Gasteiger partial charge in [-0.3, -0.25) is 4.79 Å². The van der Waals surface area contributed by atoms with Gasteiger partial charge in [0.1, 0.15) is 11.6 Å². The van der Waals surface area contributed by atoms with Gasteiger partial charge in [0.15, 0.2) is 5.78 Å². The molecule has 17 heavy (non-hydrogen) atoms. The van der Waals surface area contributed by atoms with Crippen molar-refractivity contribution in [3.63, 3.8) is 0 Å². The van der Waals surface area contributed by atoms with Crippen LogP contribution in [0.25, 0.3) is 0 Å². The average Bonchev–Trinajstić information content (AvgIpc) is 2.38. The van der Waals surface area contributed by atoms with Crippen molar-refractivity contribution in [1.82, 2.24) is 0 Å². The maximum absolute atomic E-state index is 13.0. The monoisotopic (exact) mass is 230 g/mol. The fraction of sp³-hybridized carbons (Fsp3) is 0.0714. The van der Waals surface area contributed by atoms with E-state index in [1.807, 2.05) is 0 Å². The van der Waals surface area contributed by atoms with Crippen LogP contribution >= 0.6 is 0 Å². The smallest absolute Gasteiger partial charge is 0.193 e. The van der Waals surface area contributed by atoms with E-state index in [2.05, 4.69) is 0 Å². The molecule has 0 radical (unpaired) electrons. The molecule has 0 atom stereocenters. The van der Waals surface area contributed by atoms with Gasteiger partial charge >= 0.3 is 0 Å². The molecule has 0 saturated carbocycles. The van der Waals surface area contributed by atoms with E-state index >= 15 is 0 Å². The lowest BCUT2D eigenvalue weighted by Crippen LogP contribution is -2.01. The fourth-order valence-electron chi connectivity index (χ4n) is 1.56. The summed E-state index contributed by atoms with van der Waals surface area (Å²) in [4.78, 5) is 12.0. The SMILES string of the molecule is COc1cccc(C(=O)c2cccc(F)c2)c1. The summed E-state index contributed by atoms with van der Waals surface area (Å²) < 4.78 is 18.1. The quantitative estimate of drug-likeness (QED) is 0.757. The Labute approximate surface area is 98.7 Å². The number of hydrogen-bond acceptors (Lipinski definition) is 2. The van der Waals surface area contributed by atoms with Crippen molar-refractivity contribution in [2.45, 2.75) is 0 Å². The van der Waals surface area contributed by atoms with E-state index in [9.17, 15) is 9.18 Å². The standard InChI is InChI=1S/C14H11FO2/c1-17-13-7-3-5-11(9-13)14(16)10-4-2-6-12(15)8-10/h2-9H,1H3. The van der Waals surface area contributed by atoms with Crippen molar-refractivity contribution >= 4 is 5.78 Å². The summed E-state index contributed by atoms with van der Waals surface area (Å²) in [6, 6.07) is 12.4. The second-order valence-electron chi connectivity index (χ2n) is 3.57. The van der Waals surface area contributed by atoms with Gasteiger partial charge in [0, 0.05) is 11.1 Å². The third kappa shape index (κ3) is 2.50. The Bertz CT molecular complexity index is 549. The van der Waals surface area contributed by atoms with Gasteiger partial charge < -0.3 is 4.74 Å². The molecule has 2 nitrogen and oxygen atoms in total. The molecule has 2 aromatic carbocycles. The molecule has 2 aromatic rings. The Kier molecular flexibility index (Phi) is 3.19. The zero-order chi connectivity index (χ0) is 12.3. The number of rotatable bonds is 3. The second-order valence-corrected chi connectivity index (χ2v) is 3.57. The summed E-state index contributed by atoms with van der Waals surface area (Å²) in [7, 11) is 1.53. The van der Waals surface area contributed by atoms with Crippen molar-refractivity contribution < 1.29 is 13.9 Å². The largest absolute Gasteiger partial charge is 0.497 e. The van der Waals surface area contributed by atoms with Crippen LogP contribution in [0.15, 0.2) is 48.5 Å². The van der Waals surface area contributed by atoms with Crippen LogP contribution in [0.4, 0.5) is 4.39 Å². The average molecular weight is 230 g/mol. The van der Waals surface area contributed by atoms with Crippen molar-refractivity contribution in [2.75, 3.05) is 7.11 Å². The lowest BCUT2D eigenvalue weighted by molar-refractivity contribution is 0.103. The third-order valence-electron chi connectivity index (χ3n) is 2.42. The van der Waals surface area contributed by atoms with Gasteiger partial charge in [0.05, 0.1) is 7.11 Å². The van der Waals surface area contributed by atoms with E-state index in [-0.39, 0.29) is 5.78 Å². The highest BCUT2D eigenvalue weighted by molar-refractivity contribution is 6.09. The first kappa shape index (κ1) is 11.3. The number of carbonyl (C=O) groups is 1. The van der Waals surface area contributed by atoms with Crippen molar-refractivity contribution in [2.24, 2.45) is 0 Å². The van der Waals surface area contributed by atoms with Crippen molar-refractivity contribution in [1.29, 1.82) is 0 Å². The normalized spacial score (nSPS) is 10.0. The van der Waals surface area contributed by atoms with Gasteiger partial charge in [-0.25, -0.2) is 4.39 Å². The Balaban J connectivity index is 2.36. The molecule has 0 N–H and O–H groups in total. The van der Waals surface area contributed by atoms with Crippen molar-refractivity contribution in [3.8, 4) is 5.75 Å². The highest BCUT2D eigenvalue weighted by atomic mass is 19.1. The predicted octanol–water partition coefficient (Wildman–Crippen LogP) is 3.07. The van der Waals surface area contributed by atoms with E-state index < -0.39 is 5.82 Å². The molecule has 0 aromatic heterocycles. The number of carbonyl (C=O) groups excluding carboxylic acids is 1. The first-order valence-electron chi connectivity index (χ1n) is 5.15. The molecular weight excluding hydrogens is 219 g/mol. The number of halogens is 1. The molecule has 0 aliphatic heterocycles. The molecule has 0 aliphatic carbocycles. The van der Waals surface area contributed by atoms with E-state index in [0.29, 0.717) is 16.9 Å². The van der Waals surface area contributed by atoms with Crippen LogP contribution in [0.3, 0.4) is 0 Å². The Morgan fingerprint density at radius 3 is 2.35 bits per heavy atom. The van der Waals surface area contributed by atoms with Crippen LogP contribution in [0, 0.1) is 5.82 Å². The van der Waals surface area contributed by atoms with Crippen LogP contribution < -0.4 is 4.74 Å². The van der Waals surface area contributed by atoms with Crippen LogP contribution in [0.1, 0.15) is 15.9 Å². The summed E-state index contributed by atoms with van der Waals surface area (Å²) in [5.41, 5.74) is 0.813. The fourth-order valence-corrected chi connectivity index (χ4v) is 1.56. The molecule has 0 heterocycles. The minimum absolute atomic E-state index is 0.219. The molecule has 2 rings (SSSR count). The zero-order valence-corrected chi connectivity index (χ0v) is 9.31. The summed E-state index contributed by atoms with van der Waals surface area (Å²) in [6.45, 7) is 0. The van der Waals surface area contributed by atoms with E-state index in [0.717, 1.165) is 0 Å². The lowest BCUT2D eigenvalue weighted by atomic mass is 10.0. The molecule has 0 bridgehead atoms. The third-order valence-corrected chi connectivity index (χ3v) is 2.42. The highest BCUT2D eigenvalue weighted by Gasteiger charge is 2.10. The molecule has 0 unspecified atom stereocenters. The van der Waals surface area contributed by atoms with Gasteiger partial charge in [-0.15, -0.1) is 0 Å². The second kappa shape index (κ2) is 4.78. The van der Waals surface area contributed by atoms with Crippen molar-refractivity contribution in [3.05, 3.63) is 65.5 Å². The Hall–Kier alpha value is -2.16. The number of benzene rings is 2. The molecule has 86 valence electrons. The summed E-state index contributed by atoms with van der Waals surface area (Å²) in [5.74, 6) is -0.0330. The highest BCUT2D eigenvalue weighted by Crippen LogP contribution is 2.16. The van der Waals surface area contributed by atoms with Gasteiger partial charge in [-0.2, -0.15) is 0 Å². The first-order valence-corrected chi connectivity index (χ1v) is 5.15. The molecular formula is C14H11FO2. The maximum Gasteiger partial charge on any atom is 0.193 e. The van der Waals surface area contributed by atoms with Gasteiger partial charge in [-0.1, -0.05) is 24.3 Å². The molecule has 0 spiro atoms. The zero-order valence-electron chi connectivity index (χ0n) is 9.31. The van der Waals surface area contributed by atoms with Gasteiger partial charge in [0.25, 0.3) is 0 Å². The lowest BCUT2D eigenvalue weighted by Gasteiger charge is -2.04. The van der Waals surface area contributed by atoms with Gasteiger partial charge in [-0.05, 0) is 24.3 Å². The summed E-state index contributed by atoms with van der Waals surface area (Å²) in [6.07, 6.45) is 0. The topological polar surface area (TPSA) is 26.3 Å². The first-order chi connectivity index (χ1) is 8.20. The van der Waals surface area contributed by atoms with Crippen LogP contribution in [0.5, 0.6) is 5.75 Å². The Morgan fingerprint density at radius 2 is 1.71 bits per heavy atom. The van der Waals surface area contributed by atoms with Crippen LogP contribution in [-0.2, 0) is 0 Å². The minimum Gasteiger partial charge on any atom is -0.497 e. The molecule has 0 fully saturated rings. The number of ether oxygens (including phenoxy) is 1. The summed E-state index contributed by atoms with van der Waals surface area (Å²) in [5, 5.41) is 0. The molecule has 0 aliphatic rings. The van der Waals surface area contributed by atoms with Crippen LogP contribution in [0.2, 0.25) is 0 Å². The molecule has 3 heteroatoms. The minimum atomic E-state index is -0.418. The number of methoxy groups -OCH3 is 1. The maximum atomic E-state index is 13.0. The molecule has 0 amide bonds. The van der Waals surface area contributed by atoms with Gasteiger partial charge in [0.2, 0.25) is 0 Å². The van der Waals surface area contributed by atoms with E-state index in [1.165, 1.54) is 25.3 Å².